The summed E-state index contributed by atoms with van der Waals surface area (Å²) in [4.78, 5) is 8.15. The van der Waals surface area contributed by atoms with Crippen LogP contribution in [0.5, 0.6) is 0 Å². The molecule has 0 fully saturated rings. The van der Waals surface area contributed by atoms with Crippen molar-refractivity contribution in [2.24, 2.45) is 0 Å². The van der Waals surface area contributed by atoms with E-state index in [1.807, 2.05) is 0 Å². The summed E-state index contributed by atoms with van der Waals surface area (Å²) < 4.78 is 61.3. The van der Waals surface area contributed by atoms with Crippen molar-refractivity contribution in [2.75, 3.05) is 0 Å². The molecule has 15 heavy (non-hydrogen) atoms. The molecule has 86 valence electrons. The lowest BCUT2D eigenvalue weighted by Gasteiger charge is -2.40. The predicted molar refractivity (Wildman–Crippen MR) is 50.9 cm³/mol. The third-order valence-electron chi connectivity index (χ3n) is 1.48. The largest absolute Gasteiger partial charge is 0.310 e. The van der Waals surface area contributed by atoms with E-state index in [1.165, 1.54) is 0 Å². The van der Waals surface area contributed by atoms with Crippen molar-refractivity contribution in [1.82, 2.24) is 0 Å². The highest BCUT2D eigenvalue weighted by molar-refractivity contribution is 9.10. The van der Waals surface area contributed by atoms with E-state index in [0.717, 1.165) is 6.07 Å². The standard InChI is InChI=1S/C7H4BrF5OS/c8-6-1-5(4-14)2-7(3-6)15(9,10,11,12)13/h1-4H. The van der Waals surface area contributed by atoms with Crippen molar-refractivity contribution >= 4 is 32.4 Å². The van der Waals surface area contributed by atoms with Crippen molar-refractivity contribution in [3.8, 4) is 0 Å². The SMILES string of the molecule is O=Cc1cc(Br)cc(S(F)(F)(F)(F)F)c1. The number of halogens is 6. The minimum Gasteiger partial charge on any atom is -0.298 e. The Morgan fingerprint density at radius 1 is 1.07 bits per heavy atom. The second-order valence-electron chi connectivity index (χ2n) is 2.81. The van der Waals surface area contributed by atoms with Crippen LogP contribution in [-0.2, 0) is 0 Å². The van der Waals surface area contributed by atoms with Gasteiger partial charge in [-0.2, -0.15) is 0 Å². The van der Waals surface area contributed by atoms with Gasteiger partial charge in [0.05, 0.1) is 0 Å². The number of aldehydes is 1. The van der Waals surface area contributed by atoms with E-state index < -0.39 is 20.7 Å². The van der Waals surface area contributed by atoms with Crippen LogP contribution in [0, 0.1) is 0 Å². The summed E-state index contributed by atoms with van der Waals surface area (Å²) in [5, 5.41) is 0. The molecule has 1 aromatic rings. The third-order valence-corrected chi connectivity index (χ3v) is 3.06. The minimum absolute atomic E-state index is 0.0672. The Labute approximate surface area is 90.1 Å². The van der Waals surface area contributed by atoms with Gasteiger partial charge < -0.3 is 0 Å². The molecular formula is C7H4BrF5OS. The lowest BCUT2D eigenvalue weighted by Crippen LogP contribution is -2.06. The first kappa shape index (κ1) is 12.4. The second kappa shape index (κ2) is 2.73. The molecule has 0 aromatic heterocycles. The van der Waals surface area contributed by atoms with E-state index in [2.05, 4.69) is 15.9 Å². The maximum atomic E-state index is 12.3. The number of benzene rings is 1. The molecule has 0 aliphatic carbocycles. The molecule has 0 saturated heterocycles. The van der Waals surface area contributed by atoms with Gasteiger partial charge in [-0.25, -0.2) is 0 Å². The lowest BCUT2D eigenvalue weighted by atomic mass is 10.2. The van der Waals surface area contributed by atoms with Crippen molar-refractivity contribution in [3.63, 3.8) is 0 Å². The van der Waals surface area contributed by atoms with Crippen LogP contribution < -0.4 is 0 Å². The van der Waals surface area contributed by atoms with Gasteiger partial charge in [0, 0.05) is 10.0 Å². The number of carbonyl (C=O) groups excluding carboxylic acids is 1. The Balaban J connectivity index is 3.54. The zero-order chi connectivity index (χ0) is 12.0. The normalized spacial score (nSPS) is 16.7. The van der Waals surface area contributed by atoms with Gasteiger partial charge in [0.1, 0.15) is 11.2 Å². The van der Waals surface area contributed by atoms with Crippen LogP contribution >= 0.6 is 26.2 Å². The maximum absolute atomic E-state index is 12.3. The quantitative estimate of drug-likeness (QED) is 0.560. The minimum atomic E-state index is -9.70. The van der Waals surface area contributed by atoms with Crippen molar-refractivity contribution in [1.29, 1.82) is 0 Å². The van der Waals surface area contributed by atoms with Crippen LogP contribution in [0.25, 0.3) is 0 Å². The molecule has 0 bridgehead atoms. The predicted octanol–water partition coefficient (Wildman–Crippen LogP) is 4.92. The van der Waals surface area contributed by atoms with Gasteiger partial charge in [-0.1, -0.05) is 35.4 Å². The first-order valence-corrected chi connectivity index (χ1v) is 6.17. The van der Waals surface area contributed by atoms with Crippen LogP contribution in [0.4, 0.5) is 19.4 Å². The highest BCUT2D eigenvalue weighted by Crippen LogP contribution is 3.02. The molecule has 0 heterocycles. The van der Waals surface area contributed by atoms with Crippen molar-refractivity contribution in [3.05, 3.63) is 28.2 Å². The number of rotatable bonds is 2. The molecule has 0 radical (unpaired) electrons. The summed E-state index contributed by atoms with van der Waals surface area (Å²) in [5.74, 6) is 0. The van der Waals surface area contributed by atoms with E-state index in [0.29, 0.717) is 0 Å². The molecular weight excluding hydrogens is 307 g/mol. The van der Waals surface area contributed by atoms with E-state index >= 15 is 0 Å². The average Bonchev–Trinajstić information content (AvgIpc) is 1.99. The summed E-state index contributed by atoms with van der Waals surface area (Å²) in [6.07, 6.45) is 0.0672. The molecule has 0 atom stereocenters. The van der Waals surface area contributed by atoms with Crippen molar-refractivity contribution in [2.45, 2.75) is 4.90 Å². The van der Waals surface area contributed by atoms with E-state index in [-0.39, 0.29) is 22.9 Å². The zero-order valence-corrected chi connectivity index (χ0v) is 9.30. The van der Waals surface area contributed by atoms with Gasteiger partial charge in [-0.15, -0.1) is 0 Å². The fourth-order valence-corrected chi connectivity index (χ4v) is 2.25. The van der Waals surface area contributed by atoms with Crippen LogP contribution in [0.2, 0.25) is 0 Å². The molecule has 1 aromatic carbocycles. The molecule has 0 amide bonds. The van der Waals surface area contributed by atoms with Gasteiger partial charge in [0.15, 0.2) is 0 Å². The Morgan fingerprint density at radius 2 is 1.60 bits per heavy atom. The first-order valence-electron chi connectivity index (χ1n) is 3.42. The Morgan fingerprint density at radius 3 is 2.00 bits per heavy atom. The molecule has 0 spiro atoms. The topological polar surface area (TPSA) is 17.1 Å². The van der Waals surface area contributed by atoms with Gasteiger partial charge in [0.2, 0.25) is 0 Å². The van der Waals surface area contributed by atoms with E-state index in [1.54, 1.807) is 0 Å². The highest BCUT2D eigenvalue weighted by atomic mass is 79.9. The fourth-order valence-electron chi connectivity index (χ4n) is 0.875. The molecule has 1 rings (SSSR count). The maximum Gasteiger partial charge on any atom is 0.310 e. The van der Waals surface area contributed by atoms with Crippen LogP contribution in [0.15, 0.2) is 27.6 Å². The summed E-state index contributed by atoms with van der Waals surface area (Å²) in [5.41, 5.74) is -0.465. The average molecular weight is 311 g/mol. The first-order chi connectivity index (χ1) is 6.42. The number of hydrogen-bond acceptors (Lipinski definition) is 1. The number of carbonyl (C=O) groups is 1. The second-order valence-corrected chi connectivity index (χ2v) is 6.13. The van der Waals surface area contributed by atoms with E-state index in [9.17, 15) is 24.2 Å². The lowest BCUT2D eigenvalue weighted by molar-refractivity contribution is 0.112. The van der Waals surface area contributed by atoms with Crippen LogP contribution in [0.3, 0.4) is 0 Å². The fraction of sp³-hybridized carbons (Fsp3) is 0. The van der Waals surface area contributed by atoms with Gasteiger partial charge in [-0.3, -0.25) is 4.79 Å². The third kappa shape index (κ3) is 3.16. The molecule has 0 aliphatic heterocycles. The Kier molecular flexibility index (Phi) is 2.26. The van der Waals surface area contributed by atoms with Crippen LogP contribution in [0.1, 0.15) is 10.4 Å². The molecule has 1 nitrogen and oxygen atoms in total. The monoisotopic (exact) mass is 310 g/mol. The molecule has 0 N–H and O–H groups in total. The summed E-state index contributed by atoms with van der Waals surface area (Å²) >= 11 is 2.62. The summed E-state index contributed by atoms with van der Waals surface area (Å²) in [6.45, 7) is 0. The van der Waals surface area contributed by atoms with Crippen LogP contribution in [-0.4, -0.2) is 6.29 Å². The molecule has 0 saturated carbocycles. The van der Waals surface area contributed by atoms with Crippen molar-refractivity contribution < 1.29 is 24.2 Å². The Hall–Kier alpha value is -0.630. The zero-order valence-electron chi connectivity index (χ0n) is 6.89. The Bertz CT molecular complexity index is 426. The van der Waals surface area contributed by atoms with E-state index in [4.69, 9.17) is 0 Å². The smallest absolute Gasteiger partial charge is 0.298 e. The highest BCUT2D eigenvalue weighted by Gasteiger charge is 2.65. The number of hydrogen-bond donors (Lipinski definition) is 0. The summed E-state index contributed by atoms with van der Waals surface area (Å²) in [6, 6.07) is 1.38. The van der Waals surface area contributed by atoms with Gasteiger partial charge in [0.25, 0.3) is 0 Å². The summed E-state index contributed by atoms with van der Waals surface area (Å²) in [7, 11) is -9.70. The van der Waals surface area contributed by atoms with Gasteiger partial charge >= 0.3 is 10.2 Å². The van der Waals surface area contributed by atoms with Gasteiger partial charge in [-0.05, 0) is 18.2 Å². The molecule has 0 unspecified atom stereocenters. The molecule has 0 aliphatic rings. The molecule has 8 heteroatoms.